The molecular weight excluding hydrogens is 314 g/mol. The molecule has 0 heterocycles. The Bertz CT molecular complexity index is 708. The fourth-order valence-corrected chi connectivity index (χ4v) is 2.37. The summed E-state index contributed by atoms with van der Waals surface area (Å²) in [6.45, 7) is 6.15. The van der Waals surface area contributed by atoms with Crippen molar-refractivity contribution in [2.75, 3.05) is 11.9 Å². The second kappa shape index (κ2) is 6.92. The second-order valence-corrected chi connectivity index (χ2v) is 6.65. The molecule has 122 valence electrons. The molecule has 0 saturated carbocycles. The van der Waals surface area contributed by atoms with Crippen LogP contribution in [0.3, 0.4) is 0 Å². The fraction of sp³-hybridized carbons (Fsp3) is 0.278. The predicted octanol–water partition coefficient (Wildman–Crippen LogP) is 4.36. The average Bonchev–Trinajstić information content (AvgIpc) is 2.47. The van der Waals surface area contributed by atoms with Crippen molar-refractivity contribution in [1.82, 2.24) is 0 Å². The Balaban J connectivity index is 2.03. The Morgan fingerprint density at radius 3 is 2.57 bits per heavy atom. The number of phenols is 1. The van der Waals surface area contributed by atoms with E-state index in [2.05, 4.69) is 26.1 Å². The van der Waals surface area contributed by atoms with Crippen molar-refractivity contribution in [3.8, 4) is 11.5 Å². The zero-order valence-corrected chi connectivity index (χ0v) is 14.1. The van der Waals surface area contributed by atoms with Gasteiger partial charge in [-0.05, 0) is 29.2 Å². The first-order valence-electron chi connectivity index (χ1n) is 7.28. The molecule has 0 aliphatic carbocycles. The van der Waals surface area contributed by atoms with Crippen LogP contribution in [-0.2, 0) is 10.2 Å². The monoisotopic (exact) mass is 333 g/mol. The number of hydrogen-bond acceptors (Lipinski definition) is 3. The molecule has 2 N–H and O–H groups in total. The van der Waals surface area contributed by atoms with E-state index >= 15 is 0 Å². The largest absolute Gasteiger partial charge is 0.508 e. The van der Waals surface area contributed by atoms with Gasteiger partial charge in [-0.3, -0.25) is 4.79 Å². The number of nitrogens with one attached hydrogen (secondary N) is 1. The lowest BCUT2D eigenvalue weighted by molar-refractivity contribution is -0.118. The van der Waals surface area contributed by atoms with Gasteiger partial charge in [-0.25, -0.2) is 0 Å². The summed E-state index contributed by atoms with van der Waals surface area (Å²) in [7, 11) is 0. The van der Waals surface area contributed by atoms with Gasteiger partial charge in [0, 0.05) is 6.07 Å². The molecule has 4 nitrogen and oxygen atoms in total. The lowest BCUT2D eigenvalue weighted by Crippen LogP contribution is -2.22. The normalized spacial score (nSPS) is 11.1. The number of rotatable bonds is 4. The first-order valence-corrected chi connectivity index (χ1v) is 7.66. The van der Waals surface area contributed by atoms with Gasteiger partial charge in [-0.1, -0.05) is 50.6 Å². The minimum atomic E-state index is -0.318. The van der Waals surface area contributed by atoms with Crippen LogP contribution in [0.5, 0.6) is 11.5 Å². The highest BCUT2D eigenvalue weighted by atomic mass is 35.5. The molecule has 5 heteroatoms. The van der Waals surface area contributed by atoms with Crippen LogP contribution in [0.4, 0.5) is 5.69 Å². The number of phenolic OH excluding ortho intramolecular Hbond substituents is 1. The topological polar surface area (TPSA) is 58.6 Å². The van der Waals surface area contributed by atoms with Crippen LogP contribution >= 0.6 is 11.6 Å². The van der Waals surface area contributed by atoms with Crippen molar-refractivity contribution < 1.29 is 14.6 Å². The van der Waals surface area contributed by atoms with E-state index in [4.69, 9.17) is 16.3 Å². The molecule has 23 heavy (non-hydrogen) atoms. The maximum atomic E-state index is 12.0. The number of hydrogen-bond donors (Lipinski definition) is 2. The quantitative estimate of drug-likeness (QED) is 0.817. The highest BCUT2D eigenvalue weighted by Crippen LogP contribution is 2.31. The number of halogens is 1. The molecular formula is C18H20ClNO3. The molecule has 0 aliphatic heterocycles. The van der Waals surface area contributed by atoms with Crippen molar-refractivity contribution in [3.05, 3.63) is 53.1 Å². The van der Waals surface area contributed by atoms with Crippen LogP contribution in [-0.4, -0.2) is 17.6 Å². The van der Waals surface area contributed by atoms with Gasteiger partial charge >= 0.3 is 0 Å². The molecule has 0 bridgehead atoms. The minimum Gasteiger partial charge on any atom is -0.508 e. The summed E-state index contributed by atoms with van der Waals surface area (Å²) in [5, 5.41) is 12.2. The first kappa shape index (κ1) is 17.2. The van der Waals surface area contributed by atoms with E-state index in [-0.39, 0.29) is 28.7 Å². The second-order valence-electron chi connectivity index (χ2n) is 6.25. The molecule has 0 atom stereocenters. The number of ether oxygens (including phenoxy) is 1. The Labute approximate surface area is 141 Å². The van der Waals surface area contributed by atoms with Crippen molar-refractivity contribution in [2.45, 2.75) is 26.2 Å². The summed E-state index contributed by atoms with van der Waals surface area (Å²) >= 11 is 5.96. The number of anilines is 1. The smallest absolute Gasteiger partial charge is 0.262 e. The van der Waals surface area contributed by atoms with Crippen molar-refractivity contribution in [2.24, 2.45) is 0 Å². The van der Waals surface area contributed by atoms with Gasteiger partial charge in [0.2, 0.25) is 0 Å². The van der Waals surface area contributed by atoms with Crippen molar-refractivity contribution in [1.29, 1.82) is 0 Å². The minimum absolute atomic E-state index is 0.0448. The summed E-state index contributed by atoms with van der Waals surface area (Å²) in [4.78, 5) is 12.0. The summed E-state index contributed by atoms with van der Waals surface area (Å²) in [6, 6.07) is 12.0. The molecule has 2 aromatic carbocycles. The molecule has 1 amide bonds. The third-order valence-electron chi connectivity index (χ3n) is 3.28. The Hall–Kier alpha value is -2.20. The van der Waals surface area contributed by atoms with E-state index in [1.54, 1.807) is 6.07 Å². The SMILES string of the molecule is CC(C)(C)c1ccccc1OCC(=O)Nc1ccc(O)cc1Cl. The zero-order chi connectivity index (χ0) is 17.0. The third-order valence-corrected chi connectivity index (χ3v) is 3.59. The van der Waals surface area contributed by atoms with E-state index in [1.807, 2.05) is 24.3 Å². The van der Waals surface area contributed by atoms with Crippen molar-refractivity contribution in [3.63, 3.8) is 0 Å². The van der Waals surface area contributed by atoms with Gasteiger partial charge in [-0.2, -0.15) is 0 Å². The fourth-order valence-electron chi connectivity index (χ4n) is 2.15. The maximum absolute atomic E-state index is 12.0. The van der Waals surface area contributed by atoms with E-state index in [0.29, 0.717) is 11.4 Å². The van der Waals surface area contributed by atoms with Crippen LogP contribution in [0.1, 0.15) is 26.3 Å². The number of amides is 1. The van der Waals surface area contributed by atoms with Gasteiger partial charge in [0.25, 0.3) is 5.91 Å². The molecule has 2 aromatic rings. The lowest BCUT2D eigenvalue weighted by atomic mass is 9.86. The standard InChI is InChI=1S/C18H20ClNO3/c1-18(2,3)13-6-4-5-7-16(13)23-11-17(22)20-15-9-8-12(21)10-14(15)19/h4-10,21H,11H2,1-3H3,(H,20,22). The predicted molar refractivity (Wildman–Crippen MR) is 92.4 cm³/mol. The van der Waals surface area contributed by atoms with Crippen molar-refractivity contribution >= 4 is 23.2 Å². The number of para-hydroxylation sites is 1. The first-order chi connectivity index (χ1) is 10.8. The van der Waals surface area contributed by atoms with Gasteiger partial charge in [0.05, 0.1) is 10.7 Å². The average molecular weight is 334 g/mol. The molecule has 0 aromatic heterocycles. The Kier molecular flexibility index (Phi) is 5.16. The summed E-state index contributed by atoms with van der Waals surface area (Å²) in [5.74, 6) is 0.414. The molecule has 0 fully saturated rings. The van der Waals surface area contributed by atoms with E-state index < -0.39 is 0 Å². The maximum Gasteiger partial charge on any atom is 0.262 e. The lowest BCUT2D eigenvalue weighted by Gasteiger charge is -2.22. The highest BCUT2D eigenvalue weighted by Gasteiger charge is 2.19. The third kappa shape index (κ3) is 4.63. The summed E-state index contributed by atoms with van der Waals surface area (Å²) < 4.78 is 5.66. The van der Waals surface area contributed by atoms with Crippen LogP contribution in [0.25, 0.3) is 0 Å². The summed E-state index contributed by atoms with van der Waals surface area (Å²) in [5.41, 5.74) is 1.39. The van der Waals surface area contributed by atoms with Crippen LogP contribution in [0.2, 0.25) is 5.02 Å². The highest BCUT2D eigenvalue weighted by molar-refractivity contribution is 6.33. The molecule has 0 radical (unpaired) electrons. The van der Waals surface area contributed by atoms with E-state index in [9.17, 15) is 9.90 Å². The van der Waals surface area contributed by atoms with Gasteiger partial charge in [0.1, 0.15) is 11.5 Å². The van der Waals surface area contributed by atoms with E-state index in [0.717, 1.165) is 5.56 Å². The molecule has 0 spiro atoms. The molecule has 0 unspecified atom stereocenters. The number of carbonyl (C=O) groups is 1. The number of carbonyl (C=O) groups excluding carboxylic acids is 1. The molecule has 0 saturated heterocycles. The molecule has 2 rings (SSSR count). The van der Waals surface area contributed by atoms with Gasteiger partial charge in [0.15, 0.2) is 6.61 Å². The Morgan fingerprint density at radius 1 is 1.22 bits per heavy atom. The summed E-state index contributed by atoms with van der Waals surface area (Å²) in [6.07, 6.45) is 0. The zero-order valence-electron chi connectivity index (χ0n) is 13.4. The van der Waals surface area contributed by atoms with Gasteiger partial charge < -0.3 is 15.2 Å². The Morgan fingerprint density at radius 2 is 1.91 bits per heavy atom. The number of benzene rings is 2. The van der Waals surface area contributed by atoms with Crippen LogP contribution in [0.15, 0.2) is 42.5 Å². The number of aromatic hydroxyl groups is 1. The van der Waals surface area contributed by atoms with Crippen LogP contribution < -0.4 is 10.1 Å². The van der Waals surface area contributed by atoms with Gasteiger partial charge in [-0.15, -0.1) is 0 Å². The molecule has 0 aliphatic rings. The van der Waals surface area contributed by atoms with Crippen LogP contribution in [0, 0.1) is 0 Å². The van der Waals surface area contributed by atoms with E-state index in [1.165, 1.54) is 12.1 Å².